The second kappa shape index (κ2) is 6.45. The molecule has 150 valence electrons. The van der Waals surface area contributed by atoms with Crippen LogP contribution in [-0.2, 0) is 9.53 Å². The molecule has 0 radical (unpaired) electrons. The standard InChI is InChI=1S/C21H21N3O5/c1-28-16-11-22-14(9-15(16)25)20(27)23-8-7-21-18(23)10-19(26)24(21)12-17(29-21)13-5-3-2-4-6-13/h2-6,9,11,17-18H,7-8,10,12H2,1H3,(H,22,25)/t17-,18+,21-/m0/s1. The van der Waals surface area contributed by atoms with Gasteiger partial charge in [-0.05, 0) is 5.56 Å². The van der Waals surface area contributed by atoms with Crippen molar-refractivity contribution in [1.29, 1.82) is 0 Å². The number of aromatic nitrogens is 1. The molecule has 3 fully saturated rings. The molecule has 3 aliphatic heterocycles. The Balaban J connectivity index is 1.43. The van der Waals surface area contributed by atoms with Crippen molar-refractivity contribution in [2.24, 2.45) is 0 Å². The van der Waals surface area contributed by atoms with Crippen LogP contribution in [0.2, 0.25) is 0 Å². The average Bonchev–Trinajstić information content (AvgIpc) is 3.36. The van der Waals surface area contributed by atoms with Crippen molar-refractivity contribution < 1.29 is 19.1 Å². The van der Waals surface area contributed by atoms with Gasteiger partial charge in [0.25, 0.3) is 5.91 Å². The van der Waals surface area contributed by atoms with Crippen molar-refractivity contribution in [1.82, 2.24) is 14.8 Å². The van der Waals surface area contributed by atoms with Gasteiger partial charge in [0, 0.05) is 25.2 Å². The van der Waals surface area contributed by atoms with Crippen LogP contribution in [0.1, 0.15) is 35.0 Å². The van der Waals surface area contributed by atoms with Gasteiger partial charge in [0.2, 0.25) is 11.3 Å². The Kier molecular flexibility index (Phi) is 3.99. The van der Waals surface area contributed by atoms with E-state index in [1.165, 1.54) is 19.4 Å². The molecule has 1 aromatic heterocycles. The molecule has 1 N–H and O–H groups in total. The number of aromatic amines is 1. The average molecular weight is 395 g/mol. The molecule has 8 nitrogen and oxygen atoms in total. The number of nitrogens with zero attached hydrogens (tertiary/aromatic N) is 2. The van der Waals surface area contributed by atoms with Gasteiger partial charge in [-0.15, -0.1) is 0 Å². The van der Waals surface area contributed by atoms with Gasteiger partial charge < -0.3 is 24.3 Å². The van der Waals surface area contributed by atoms with Crippen LogP contribution in [0.3, 0.4) is 0 Å². The van der Waals surface area contributed by atoms with E-state index in [9.17, 15) is 14.4 Å². The Hall–Kier alpha value is -3.13. The van der Waals surface area contributed by atoms with Gasteiger partial charge in [0.05, 0.1) is 26.1 Å². The number of rotatable bonds is 3. The fraction of sp³-hybridized carbons (Fsp3) is 0.381. The Morgan fingerprint density at radius 2 is 2.07 bits per heavy atom. The SMILES string of the molecule is COc1c[nH]c(C(=O)N2CC[C@@]34O[C@H](c5ccccc5)CN3C(=O)C[C@@H]24)cc1=O. The third kappa shape index (κ3) is 2.59. The number of pyridine rings is 1. The van der Waals surface area contributed by atoms with Crippen molar-refractivity contribution in [3.63, 3.8) is 0 Å². The Morgan fingerprint density at radius 1 is 1.28 bits per heavy atom. The van der Waals surface area contributed by atoms with Gasteiger partial charge in [-0.3, -0.25) is 14.4 Å². The van der Waals surface area contributed by atoms with E-state index in [1.807, 2.05) is 30.3 Å². The summed E-state index contributed by atoms with van der Waals surface area (Å²) in [6, 6.07) is 10.7. The van der Waals surface area contributed by atoms with E-state index >= 15 is 0 Å². The summed E-state index contributed by atoms with van der Waals surface area (Å²) in [6.45, 7) is 0.948. The number of benzene rings is 1. The van der Waals surface area contributed by atoms with Gasteiger partial charge in [-0.25, -0.2) is 0 Å². The predicted molar refractivity (Wildman–Crippen MR) is 102 cm³/mol. The maximum absolute atomic E-state index is 13.1. The van der Waals surface area contributed by atoms with Crippen molar-refractivity contribution in [2.45, 2.75) is 30.7 Å². The molecule has 1 aromatic carbocycles. The van der Waals surface area contributed by atoms with Gasteiger partial charge >= 0.3 is 0 Å². The molecule has 1 spiro atoms. The highest BCUT2D eigenvalue weighted by molar-refractivity contribution is 5.94. The van der Waals surface area contributed by atoms with Crippen molar-refractivity contribution in [3.05, 3.63) is 64.1 Å². The Bertz CT molecular complexity index is 1040. The number of H-pyrrole nitrogens is 1. The van der Waals surface area contributed by atoms with E-state index in [4.69, 9.17) is 9.47 Å². The minimum atomic E-state index is -0.792. The lowest BCUT2D eigenvalue weighted by Gasteiger charge is -2.31. The van der Waals surface area contributed by atoms with Crippen LogP contribution in [0.5, 0.6) is 5.75 Å². The number of hydrogen-bond acceptors (Lipinski definition) is 5. The summed E-state index contributed by atoms with van der Waals surface area (Å²) in [7, 11) is 1.40. The van der Waals surface area contributed by atoms with Gasteiger partial charge in [-0.1, -0.05) is 30.3 Å². The van der Waals surface area contributed by atoms with Crippen molar-refractivity contribution in [2.75, 3.05) is 20.2 Å². The molecule has 2 aromatic rings. The highest BCUT2D eigenvalue weighted by Crippen LogP contribution is 2.50. The molecule has 0 saturated carbocycles. The molecular weight excluding hydrogens is 374 g/mol. The minimum absolute atomic E-state index is 0.00541. The highest BCUT2D eigenvalue weighted by atomic mass is 16.5. The third-order valence-corrected chi connectivity index (χ3v) is 6.19. The van der Waals surface area contributed by atoms with Gasteiger partial charge in [0.1, 0.15) is 11.8 Å². The lowest BCUT2D eigenvalue weighted by Crippen LogP contribution is -2.49. The smallest absolute Gasteiger partial charge is 0.270 e. The minimum Gasteiger partial charge on any atom is -0.491 e. The molecule has 3 atom stereocenters. The van der Waals surface area contributed by atoms with E-state index in [2.05, 4.69) is 4.98 Å². The first-order chi connectivity index (χ1) is 14.0. The first kappa shape index (κ1) is 17.9. The molecule has 2 amide bonds. The van der Waals surface area contributed by atoms with Crippen LogP contribution in [0, 0.1) is 0 Å². The van der Waals surface area contributed by atoms with Crippen LogP contribution in [0.25, 0.3) is 0 Å². The topological polar surface area (TPSA) is 91.9 Å². The van der Waals surface area contributed by atoms with Crippen LogP contribution in [0.4, 0.5) is 0 Å². The van der Waals surface area contributed by atoms with E-state index in [0.717, 1.165) is 5.56 Å². The number of nitrogens with one attached hydrogen (secondary N) is 1. The zero-order valence-corrected chi connectivity index (χ0v) is 16.0. The summed E-state index contributed by atoms with van der Waals surface area (Å²) in [5, 5.41) is 0. The fourth-order valence-electron chi connectivity index (χ4n) is 4.80. The molecule has 4 heterocycles. The fourth-order valence-corrected chi connectivity index (χ4v) is 4.80. The molecule has 3 saturated heterocycles. The first-order valence-corrected chi connectivity index (χ1v) is 9.64. The number of methoxy groups -OCH3 is 1. The van der Waals surface area contributed by atoms with Gasteiger partial charge in [0.15, 0.2) is 11.5 Å². The lowest BCUT2D eigenvalue weighted by molar-refractivity contribution is -0.138. The van der Waals surface area contributed by atoms with Crippen molar-refractivity contribution in [3.8, 4) is 5.75 Å². The molecule has 0 unspecified atom stereocenters. The summed E-state index contributed by atoms with van der Waals surface area (Å²) < 4.78 is 11.4. The quantitative estimate of drug-likeness (QED) is 0.846. The predicted octanol–water partition coefficient (Wildman–Crippen LogP) is 1.30. The summed E-state index contributed by atoms with van der Waals surface area (Å²) >= 11 is 0. The first-order valence-electron chi connectivity index (χ1n) is 9.64. The van der Waals surface area contributed by atoms with Crippen LogP contribution >= 0.6 is 0 Å². The lowest BCUT2D eigenvalue weighted by atomic mass is 10.1. The molecular formula is C21H21N3O5. The summed E-state index contributed by atoms with van der Waals surface area (Å²) in [6.07, 6.45) is 1.95. The van der Waals surface area contributed by atoms with Gasteiger partial charge in [-0.2, -0.15) is 0 Å². The Labute approximate surface area is 167 Å². The molecule has 29 heavy (non-hydrogen) atoms. The van der Waals surface area contributed by atoms with E-state index in [0.29, 0.717) is 19.5 Å². The van der Waals surface area contributed by atoms with Crippen LogP contribution in [-0.4, -0.2) is 58.6 Å². The number of likely N-dealkylation sites (tertiary alicyclic amines) is 1. The Morgan fingerprint density at radius 3 is 2.79 bits per heavy atom. The van der Waals surface area contributed by atoms with Crippen LogP contribution < -0.4 is 10.2 Å². The monoisotopic (exact) mass is 395 g/mol. The second-order valence-corrected chi connectivity index (χ2v) is 7.61. The second-order valence-electron chi connectivity index (χ2n) is 7.61. The number of carbonyl (C=O) groups excluding carboxylic acids is 2. The zero-order valence-electron chi connectivity index (χ0n) is 16.0. The van der Waals surface area contributed by atoms with E-state index < -0.39 is 5.72 Å². The largest absolute Gasteiger partial charge is 0.491 e. The van der Waals surface area contributed by atoms with Crippen LogP contribution in [0.15, 0.2) is 47.4 Å². The molecule has 3 aliphatic rings. The third-order valence-electron chi connectivity index (χ3n) is 6.19. The maximum atomic E-state index is 13.1. The zero-order chi connectivity index (χ0) is 20.2. The number of ether oxygens (including phenoxy) is 2. The summed E-state index contributed by atoms with van der Waals surface area (Å²) in [5.74, 6) is -0.173. The number of amides is 2. The normalized spacial score (nSPS) is 27.8. The van der Waals surface area contributed by atoms with Crippen molar-refractivity contribution >= 4 is 11.8 Å². The summed E-state index contributed by atoms with van der Waals surface area (Å²) in [5.41, 5.74) is 0.0392. The summed E-state index contributed by atoms with van der Waals surface area (Å²) in [4.78, 5) is 44.2. The highest BCUT2D eigenvalue weighted by Gasteiger charge is 2.65. The van der Waals surface area contributed by atoms with E-state index in [1.54, 1.807) is 9.80 Å². The molecule has 5 rings (SSSR count). The maximum Gasteiger partial charge on any atom is 0.270 e. The number of hydrogen-bond donors (Lipinski definition) is 1. The molecule has 8 heteroatoms. The molecule has 0 bridgehead atoms. The van der Waals surface area contributed by atoms with E-state index in [-0.39, 0.29) is 47.3 Å². The molecule has 0 aliphatic carbocycles. The number of carbonyl (C=O) groups is 2.